The second-order valence-electron chi connectivity index (χ2n) is 6.13. The number of hydrogen-bond acceptors (Lipinski definition) is 4. The van der Waals surface area contributed by atoms with Gasteiger partial charge >= 0.3 is 12.1 Å². The fraction of sp³-hybridized carbons (Fsp3) is 0.500. The van der Waals surface area contributed by atoms with Crippen LogP contribution in [-0.2, 0) is 9.53 Å². The molecule has 25 heavy (non-hydrogen) atoms. The number of carbonyl (C=O) groups excluding carboxylic acids is 1. The molecule has 0 saturated carbocycles. The van der Waals surface area contributed by atoms with Gasteiger partial charge in [0.2, 0.25) is 6.10 Å². The summed E-state index contributed by atoms with van der Waals surface area (Å²) >= 11 is 0. The number of nitrogens with zero attached hydrogens (tertiary/aromatic N) is 1. The molecule has 0 bridgehead atoms. The van der Waals surface area contributed by atoms with Crippen molar-refractivity contribution in [1.82, 2.24) is 0 Å². The van der Waals surface area contributed by atoms with E-state index in [1.165, 1.54) is 12.5 Å². The molecule has 0 spiro atoms. The first-order valence-electron chi connectivity index (χ1n) is 8.41. The summed E-state index contributed by atoms with van der Waals surface area (Å²) in [5.41, 5.74) is 0.768. The molecule has 0 amide bonds. The highest BCUT2D eigenvalue weighted by Gasteiger charge is 2.48. The van der Waals surface area contributed by atoms with Crippen molar-refractivity contribution in [3.05, 3.63) is 29.3 Å². The molecule has 1 unspecified atom stereocenters. The Hall–Kier alpha value is -2.18. The summed E-state index contributed by atoms with van der Waals surface area (Å²) in [5.74, 6) is -0.867. The van der Waals surface area contributed by atoms with Crippen LogP contribution in [0.2, 0.25) is 0 Å². The lowest BCUT2D eigenvalue weighted by Crippen LogP contribution is -2.40. The van der Waals surface area contributed by atoms with Crippen LogP contribution >= 0.6 is 0 Å². The van der Waals surface area contributed by atoms with Gasteiger partial charge in [0.15, 0.2) is 0 Å². The van der Waals surface area contributed by atoms with Crippen LogP contribution in [0.15, 0.2) is 23.8 Å². The minimum absolute atomic E-state index is 0.00149. The lowest BCUT2D eigenvalue weighted by molar-refractivity contribution is -0.187. The van der Waals surface area contributed by atoms with Crippen LogP contribution in [0.3, 0.4) is 0 Å². The smallest absolute Gasteiger partial charge is 0.430 e. The zero-order valence-corrected chi connectivity index (χ0v) is 13.9. The van der Waals surface area contributed by atoms with E-state index < -0.39 is 23.8 Å². The Bertz CT molecular complexity index is 679. The zero-order valence-electron chi connectivity index (χ0n) is 13.9. The van der Waals surface area contributed by atoms with Crippen LogP contribution in [0, 0.1) is 0 Å². The molecule has 2 aliphatic rings. The molecule has 2 heterocycles. The lowest BCUT2D eigenvalue weighted by Gasteiger charge is -2.31. The second-order valence-corrected chi connectivity index (χ2v) is 6.13. The van der Waals surface area contributed by atoms with Gasteiger partial charge in [0.1, 0.15) is 5.75 Å². The zero-order chi connectivity index (χ0) is 18.0. The first-order chi connectivity index (χ1) is 11.9. The van der Waals surface area contributed by atoms with E-state index in [1.807, 2.05) is 6.07 Å². The molecular weight excluding hydrogens is 335 g/mol. The largest absolute Gasteiger partial charge is 0.475 e. The maximum Gasteiger partial charge on any atom is 0.430 e. The average molecular weight is 355 g/mol. The van der Waals surface area contributed by atoms with Gasteiger partial charge < -0.3 is 14.4 Å². The van der Waals surface area contributed by atoms with Crippen molar-refractivity contribution in [2.24, 2.45) is 0 Å². The van der Waals surface area contributed by atoms with Crippen molar-refractivity contribution in [2.45, 2.75) is 38.5 Å². The van der Waals surface area contributed by atoms with Crippen molar-refractivity contribution >= 4 is 17.7 Å². The molecule has 0 radical (unpaired) electrons. The molecule has 1 aromatic carbocycles. The van der Waals surface area contributed by atoms with Gasteiger partial charge in [-0.3, -0.25) is 0 Å². The normalized spacial score (nSPS) is 20.4. The minimum atomic E-state index is -4.70. The van der Waals surface area contributed by atoms with Gasteiger partial charge in [0.25, 0.3) is 0 Å². The first-order valence-corrected chi connectivity index (χ1v) is 8.41. The fourth-order valence-electron chi connectivity index (χ4n) is 3.15. The van der Waals surface area contributed by atoms with Gasteiger partial charge in [-0.05, 0) is 44.4 Å². The molecule has 1 atom stereocenters. The molecule has 7 heteroatoms. The fourth-order valence-corrected chi connectivity index (χ4v) is 3.15. The number of esters is 1. The Labute approximate surface area is 144 Å². The Balaban J connectivity index is 1.94. The molecule has 1 saturated heterocycles. The highest BCUT2D eigenvalue weighted by atomic mass is 19.4. The third-order valence-electron chi connectivity index (χ3n) is 4.37. The first kappa shape index (κ1) is 17.6. The standard InChI is InChI=1S/C18H20F3NO3/c1-2-24-17(23)14-10-12-6-7-13(22-8-4-3-5-9-22)11-15(12)25-16(14)18(19,20)21/h6-7,10-11,16H,2-5,8-9H2,1H3. The number of alkyl halides is 3. The molecule has 136 valence electrons. The van der Waals surface area contributed by atoms with E-state index in [0.29, 0.717) is 5.56 Å². The third kappa shape index (κ3) is 3.75. The van der Waals surface area contributed by atoms with Crippen LogP contribution in [0.5, 0.6) is 5.75 Å². The summed E-state index contributed by atoms with van der Waals surface area (Å²) in [4.78, 5) is 14.0. The summed E-state index contributed by atoms with van der Waals surface area (Å²) in [7, 11) is 0. The van der Waals surface area contributed by atoms with Gasteiger partial charge in [0.05, 0.1) is 12.2 Å². The van der Waals surface area contributed by atoms with Gasteiger partial charge in [-0.25, -0.2) is 4.79 Å². The Morgan fingerprint density at radius 1 is 1.28 bits per heavy atom. The van der Waals surface area contributed by atoms with Crippen molar-refractivity contribution in [2.75, 3.05) is 24.6 Å². The van der Waals surface area contributed by atoms with E-state index in [2.05, 4.69) is 4.90 Å². The topological polar surface area (TPSA) is 38.8 Å². The Kier molecular flexibility index (Phi) is 4.92. The number of anilines is 1. The number of benzene rings is 1. The van der Waals surface area contributed by atoms with Crippen molar-refractivity contribution < 1.29 is 27.4 Å². The molecular formula is C18H20F3NO3. The molecule has 0 N–H and O–H groups in total. The quantitative estimate of drug-likeness (QED) is 0.770. The van der Waals surface area contributed by atoms with Gasteiger partial charge in [-0.2, -0.15) is 13.2 Å². The lowest BCUT2D eigenvalue weighted by atomic mass is 10.0. The van der Waals surface area contributed by atoms with E-state index in [1.54, 1.807) is 19.1 Å². The van der Waals surface area contributed by atoms with Crippen molar-refractivity contribution in [3.63, 3.8) is 0 Å². The van der Waals surface area contributed by atoms with Crippen LogP contribution < -0.4 is 9.64 Å². The molecule has 0 aromatic heterocycles. The Morgan fingerprint density at radius 2 is 2.00 bits per heavy atom. The molecule has 3 rings (SSSR count). The molecule has 1 aromatic rings. The predicted octanol–water partition coefficient (Wildman–Crippen LogP) is 3.95. The van der Waals surface area contributed by atoms with Crippen LogP contribution in [0.1, 0.15) is 31.7 Å². The molecule has 0 aliphatic carbocycles. The number of halogens is 3. The number of ether oxygens (including phenoxy) is 2. The van der Waals surface area contributed by atoms with Crippen molar-refractivity contribution in [3.8, 4) is 5.75 Å². The van der Waals surface area contributed by atoms with Gasteiger partial charge in [-0.15, -0.1) is 0 Å². The van der Waals surface area contributed by atoms with E-state index in [9.17, 15) is 18.0 Å². The van der Waals surface area contributed by atoms with Crippen LogP contribution in [-0.4, -0.2) is 37.9 Å². The van der Waals surface area contributed by atoms with Crippen LogP contribution in [0.25, 0.3) is 6.08 Å². The average Bonchev–Trinajstić information content (AvgIpc) is 2.60. The maximum atomic E-state index is 13.4. The third-order valence-corrected chi connectivity index (χ3v) is 4.37. The molecule has 1 fully saturated rings. The SMILES string of the molecule is CCOC(=O)C1=Cc2ccc(N3CCCCC3)cc2OC1C(F)(F)F. The monoisotopic (exact) mass is 355 g/mol. The summed E-state index contributed by atoms with van der Waals surface area (Å²) in [6, 6.07) is 5.16. The second kappa shape index (κ2) is 6.98. The molecule has 4 nitrogen and oxygen atoms in total. The number of piperidine rings is 1. The van der Waals surface area contributed by atoms with E-state index in [-0.39, 0.29) is 12.4 Å². The van der Waals surface area contributed by atoms with E-state index in [4.69, 9.17) is 9.47 Å². The van der Waals surface area contributed by atoms with Crippen molar-refractivity contribution in [1.29, 1.82) is 0 Å². The summed E-state index contributed by atoms with van der Waals surface area (Å²) in [6.07, 6.45) is -2.49. The maximum absolute atomic E-state index is 13.4. The molecule has 2 aliphatic heterocycles. The van der Waals surface area contributed by atoms with E-state index >= 15 is 0 Å². The summed E-state index contributed by atoms with van der Waals surface area (Å²) in [5, 5.41) is 0. The summed E-state index contributed by atoms with van der Waals surface area (Å²) in [6.45, 7) is 3.31. The Morgan fingerprint density at radius 3 is 2.64 bits per heavy atom. The predicted molar refractivity (Wildman–Crippen MR) is 87.6 cm³/mol. The highest BCUT2D eigenvalue weighted by molar-refractivity contribution is 5.96. The number of hydrogen-bond donors (Lipinski definition) is 0. The highest BCUT2D eigenvalue weighted by Crippen LogP contribution is 2.39. The number of fused-ring (bicyclic) bond motifs is 1. The number of rotatable bonds is 3. The van der Waals surface area contributed by atoms with Gasteiger partial charge in [0, 0.05) is 30.4 Å². The van der Waals surface area contributed by atoms with E-state index in [0.717, 1.165) is 31.6 Å². The summed E-state index contributed by atoms with van der Waals surface area (Å²) < 4.78 is 50.0. The number of carbonyl (C=O) groups is 1. The van der Waals surface area contributed by atoms with Crippen LogP contribution in [0.4, 0.5) is 18.9 Å². The van der Waals surface area contributed by atoms with Gasteiger partial charge in [-0.1, -0.05) is 0 Å². The minimum Gasteiger partial charge on any atom is -0.475 e.